The molecule has 2 heterocycles. The van der Waals surface area contributed by atoms with Crippen molar-refractivity contribution in [1.29, 1.82) is 0 Å². The second-order valence-electron chi connectivity index (χ2n) is 6.59. The number of hydrogen-bond acceptors (Lipinski definition) is 6. The van der Waals surface area contributed by atoms with Crippen LogP contribution in [-0.2, 0) is 15.8 Å². The third kappa shape index (κ3) is 3.83. The predicted molar refractivity (Wildman–Crippen MR) is 82.8 cm³/mol. The van der Waals surface area contributed by atoms with Crippen molar-refractivity contribution in [3.05, 3.63) is 18.1 Å². The number of amides is 1. The predicted octanol–water partition coefficient (Wildman–Crippen LogP) is 2.11. The number of alkyl halides is 3. The Morgan fingerprint density at radius 2 is 2.04 bits per heavy atom. The molecule has 7 nitrogen and oxygen atoms in total. The van der Waals surface area contributed by atoms with Crippen molar-refractivity contribution in [2.24, 2.45) is 5.16 Å². The maximum Gasteiger partial charge on any atom is 0.433 e. The minimum atomic E-state index is -4.51. The zero-order chi connectivity index (χ0) is 18.2. The van der Waals surface area contributed by atoms with E-state index in [-0.39, 0.29) is 23.8 Å². The van der Waals surface area contributed by atoms with Crippen molar-refractivity contribution in [1.82, 2.24) is 15.3 Å². The second kappa shape index (κ2) is 6.16. The van der Waals surface area contributed by atoms with Gasteiger partial charge in [0, 0.05) is 24.6 Å². The van der Waals surface area contributed by atoms with E-state index in [0.717, 1.165) is 18.1 Å². The van der Waals surface area contributed by atoms with Crippen LogP contribution in [0, 0.1) is 0 Å². The van der Waals surface area contributed by atoms with Gasteiger partial charge in [0.15, 0.2) is 0 Å². The summed E-state index contributed by atoms with van der Waals surface area (Å²) in [5.74, 6) is -0.120. The summed E-state index contributed by atoms with van der Waals surface area (Å²) < 4.78 is 37.9. The molecule has 2 aliphatic rings. The van der Waals surface area contributed by atoms with E-state index in [2.05, 4.69) is 25.8 Å². The summed E-state index contributed by atoms with van der Waals surface area (Å²) in [6.45, 7) is 3.47. The van der Waals surface area contributed by atoms with Crippen molar-refractivity contribution in [3.8, 4) is 0 Å². The molecule has 136 valence electrons. The number of nitrogens with zero attached hydrogens (tertiary/aromatic N) is 3. The molecular weight excluding hydrogens is 339 g/mol. The molecule has 1 fully saturated rings. The Balaban J connectivity index is 1.48. The van der Waals surface area contributed by atoms with Gasteiger partial charge < -0.3 is 15.5 Å². The maximum atomic E-state index is 12.6. The summed E-state index contributed by atoms with van der Waals surface area (Å²) in [6.07, 6.45) is -2.01. The van der Waals surface area contributed by atoms with Crippen LogP contribution in [0.25, 0.3) is 0 Å². The Bertz CT molecular complexity index is 703. The summed E-state index contributed by atoms with van der Waals surface area (Å²) in [7, 11) is 0. The highest BCUT2D eigenvalue weighted by molar-refractivity contribution is 5.94. The first kappa shape index (κ1) is 17.4. The van der Waals surface area contributed by atoms with Gasteiger partial charge in [0.25, 0.3) is 5.91 Å². The Morgan fingerprint density at radius 1 is 1.32 bits per heavy atom. The van der Waals surface area contributed by atoms with Crippen LogP contribution in [0.5, 0.6) is 0 Å². The van der Waals surface area contributed by atoms with Gasteiger partial charge in [0.2, 0.25) is 5.60 Å². The van der Waals surface area contributed by atoms with Gasteiger partial charge in [-0.2, -0.15) is 13.2 Å². The first-order chi connectivity index (χ1) is 11.7. The molecule has 2 N–H and O–H groups in total. The van der Waals surface area contributed by atoms with Gasteiger partial charge >= 0.3 is 6.18 Å². The minimum absolute atomic E-state index is 0.0587. The molecule has 0 spiro atoms. The second-order valence-corrected chi connectivity index (χ2v) is 6.59. The highest BCUT2D eigenvalue weighted by Crippen LogP contribution is 2.30. The van der Waals surface area contributed by atoms with E-state index >= 15 is 0 Å². The van der Waals surface area contributed by atoms with Crippen LogP contribution in [0.4, 0.5) is 19.0 Å². The molecule has 1 atom stereocenters. The molecule has 25 heavy (non-hydrogen) atoms. The number of nitrogens with one attached hydrogen (secondary N) is 2. The molecule has 1 aromatic heterocycles. The number of carbonyl (C=O) groups is 1. The van der Waals surface area contributed by atoms with Gasteiger partial charge in [0.05, 0.1) is 5.71 Å². The molecule has 1 unspecified atom stereocenters. The molecule has 1 amide bonds. The smallest absolute Gasteiger partial charge is 0.379 e. The average Bonchev–Trinajstić information content (AvgIpc) is 2.85. The van der Waals surface area contributed by atoms with Crippen molar-refractivity contribution in [3.63, 3.8) is 0 Å². The van der Waals surface area contributed by atoms with Gasteiger partial charge in [-0.3, -0.25) is 4.79 Å². The molecule has 1 saturated carbocycles. The number of hydrogen-bond donors (Lipinski definition) is 2. The van der Waals surface area contributed by atoms with E-state index in [1.807, 2.05) is 0 Å². The lowest BCUT2D eigenvalue weighted by Gasteiger charge is -2.37. The van der Waals surface area contributed by atoms with Crippen LogP contribution in [0.1, 0.15) is 38.8 Å². The fourth-order valence-electron chi connectivity index (χ4n) is 2.85. The molecule has 1 aliphatic carbocycles. The van der Waals surface area contributed by atoms with Crippen molar-refractivity contribution in [2.45, 2.75) is 57.0 Å². The van der Waals surface area contributed by atoms with Crippen LogP contribution < -0.4 is 10.6 Å². The third-order valence-corrected chi connectivity index (χ3v) is 4.26. The summed E-state index contributed by atoms with van der Waals surface area (Å²) in [5.41, 5.74) is -1.22. The maximum absolute atomic E-state index is 12.6. The average molecular weight is 357 g/mol. The van der Waals surface area contributed by atoms with Crippen LogP contribution in [0.3, 0.4) is 0 Å². The van der Waals surface area contributed by atoms with E-state index in [9.17, 15) is 18.0 Å². The van der Waals surface area contributed by atoms with Gasteiger partial charge in [-0.15, -0.1) is 0 Å². The lowest BCUT2D eigenvalue weighted by molar-refractivity contribution is -0.143. The standard InChI is InChI=1S/C15H18F3N5O2/c1-8-6-14(2,25-23-8)13(24)22-10-3-9(4-10)21-12-5-11(15(16,17)18)19-7-20-12/h5,7,9-10H,3-4,6H2,1-2H3,(H,22,24)(H,19,20,21). The first-order valence-electron chi connectivity index (χ1n) is 7.84. The topological polar surface area (TPSA) is 88.5 Å². The Labute approximate surface area is 142 Å². The lowest BCUT2D eigenvalue weighted by Crippen LogP contribution is -2.55. The zero-order valence-electron chi connectivity index (χ0n) is 13.7. The van der Waals surface area contributed by atoms with Crippen LogP contribution >= 0.6 is 0 Å². The van der Waals surface area contributed by atoms with E-state index in [1.54, 1.807) is 13.8 Å². The Kier molecular flexibility index (Phi) is 4.29. The molecule has 0 bridgehead atoms. The first-order valence-corrected chi connectivity index (χ1v) is 7.84. The van der Waals surface area contributed by atoms with E-state index in [1.165, 1.54) is 0 Å². The van der Waals surface area contributed by atoms with Gasteiger partial charge in [-0.1, -0.05) is 5.16 Å². The fraction of sp³-hybridized carbons (Fsp3) is 0.600. The monoisotopic (exact) mass is 357 g/mol. The number of aromatic nitrogens is 2. The molecular formula is C15H18F3N5O2. The van der Waals surface area contributed by atoms with Gasteiger partial charge in [0.1, 0.15) is 17.8 Å². The third-order valence-electron chi connectivity index (χ3n) is 4.26. The highest BCUT2D eigenvalue weighted by atomic mass is 19.4. The Hall–Kier alpha value is -2.39. The molecule has 1 aromatic rings. The summed E-state index contributed by atoms with van der Waals surface area (Å²) >= 11 is 0. The molecule has 3 rings (SSSR count). The van der Waals surface area contributed by atoms with Crippen molar-refractivity contribution in [2.75, 3.05) is 5.32 Å². The molecule has 0 saturated heterocycles. The normalized spacial score (nSPS) is 28.6. The SMILES string of the molecule is CC1=NOC(C)(C(=O)NC2CC(Nc3cc(C(F)(F)F)ncn3)C2)C1. The van der Waals surface area contributed by atoms with Gasteiger partial charge in [-0.05, 0) is 26.7 Å². The number of anilines is 1. The lowest BCUT2D eigenvalue weighted by atomic mass is 9.85. The quantitative estimate of drug-likeness (QED) is 0.862. The van der Waals surface area contributed by atoms with E-state index < -0.39 is 17.5 Å². The number of carbonyl (C=O) groups excluding carboxylic acids is 1. The van der Waals surface area contributed by atoms with Crippen molar-refractivity contribution < 1.29 is 22.8 Å². The fourth-order valence-corrected chi connectivity index (χ4v) is 2.85. The number of rotatable bonds is 4. The van der Waals surface area contributed by atoms with E-state index in [4.69, 9.17) is 4.84 Å². The van der Waals surface area contributed by atoms with Gasteiger partial charge in [-0.25, -0.2) is 9.97 Å². The summed E-state index contributed by atoms with van der Waals surface area (Å²) in [5, 5.41) is 9.60. The van der Waals surface area contributed by atoms with Crippen LogP contribution in [0.2, 0.25) is 0 Å². The largest absolute Gasteiger partial charge is 0.433 e. The van der Waals surface area contributed by atoms with Crippen LogP contribution in [-0.4, -0.2) is 39.3 Å². The summed E-state index contributed by atoms with van der Waals surface area (Å²) in [6, 6.07) is 0.756. The highest BCUT2D eigenvalue weighted by Gasteiger charge is 2.43. The van der Waals surface area contributed by atoms with Crippen LogP contribution in [0.15, 0.2) is 17.5 Å². The zero-order valence-corrected chi connectivity index (χ0v) is 13.7. The molecule has 0 aromatic carbocycles. The summed E-state index contributed by atoms with van der Waals surface area (Å²) in [4.78, 5) is 24.5. The minimum Gasteiger partial charge on any atom is -0.379 e. The van der Waals surface area contributed by atoms with E-state index in [0.29, 0.717) is 19.3 Å². The number of oxime groups is 1. The Morgan fingerprint density at radius 3 is 2.64 bits per heavy atom. The van der Waals surface area contributed by atoms with Crippen molar-refractivity contribution >= 4 is 17.4 Å². The molecule has 0 radical (unpaired) electrons. The molecule has 1 aliphatic heterocycles. The number of halogens is 3. The molecule has 10 heteroatoms.